The highest BCUT2D eigenvalue weighted by molar-refractivity contribution is 6.04. The van der Waals surface area contributed by atoms with Crippen LogP contribution in [0.3, 0.4) is 0 Å². The molecule has 0 bridgehead atoms. The summed E-state index contributed by atoms with van der Waals surface area (Å²) < 4.78 is 22.4. The van der Waals surface area contributed by atoms with Gasteiger partial charge in [0.2, 0.25) is 0 Å². The molecule has 1 heterocycles. The normalized spacial score (nSPS) is 25.4. The van der Waals surface area contributed by atoms with E-state index in [9.17, 15) is 9.59 Å². The molecule has 6 heteroatoms. The molecule has 0 radical (unpaired) electrons. The van der Waals surface area contributed by atoms with Crippen LogP contribution in [0.4, 0.5) is 0 Å². The average Bonchev–Trinajstić information content (AvgIpc) is 3.46. The zero-order chi connectivity index (χ0) is 21.3. The SMILES string of the molecule is CCCCC(C)C(C=CC1CC1(C(=O)OCC)C(=O)OCC)OC1CCCCO1. The van der Waals surface area contributed by atoms with Crippen molar-refractivity contribution in [3.8, 4) is 0 Å². The summed E-state index contributed by atoms with van der Waals surface area (Å²) in [5, 5.41) is 0. The van der Waals surface area contributed by atoms with Crippen LogP contribution in [0.2, 0.25) is 0 Å². The van der Waals surface area contributed by atoms with E-state index in [4.69, 9.17) is 18.9 Å². The minimum atomic E-state index is -1.19. The van der Waals surface area contributed by atoms with Gasteiger partial charge in [-0.25, -0.2) is 0 Å². The summed E-state index contributed by atoms with van der Waals surface area (Å²) in [5.41, 5.74) is -1.19. The van der Waals surface area contributed by atoms with Gasteiger partial charge in [-0.3, -0.25) is 9.59 Å². The van der Waals surface area contributed by atoms with E-state index in [1.165, 1.54) is 0 Å². The van der Waals surface area contributed by atoms with E-state index < -0.39 is 17.4 Å². The zero-order valence-corrected chi connectivity index (χ0v) is 18.5. The van der Waals surface area contributed by atoms with Gasteiger partial charge in [-0.1, -0.05) is 38.8 Å². The van der Waals surface area contributed by atoms with Crippen molar-refractivity contribution < 1.29 is 28.5 Å². The molecule has 0 aromatic rings. The van der Waals surface area contributed by atoms with Crippen LogP contribution in [-0.2, 0) is 28.5 Å². The second-order valence-electron chi connectivity index (χ2n) is 8.12. The van der Waals surface area contributed by atoms with Gasteiger partial charge in [0.15, 0.2) is 11.7 Å². The molecule has 1 saturated carbocycles. The molecule has 166 valence electrons. The lowest BCUT2D eigenvalue weighted by molar-refractivity contribution is -0.187. The largest absolute Gasteiger partial charge is 0.465 e. The Kier molecular flexibility index (Phi) is 9.63. The van der Waals surface area contributed by atoms with Crippen molar-refractivity contribution in [2.75, 3.05) is 19.8 Å². The topological polar surface area (TPSA) is 71.1 Å². The van der Waals surface area contributed by atoms with Gasteiger partial charge in [0.05, 0.1) is 19.3 Å². The van der Waals surface area contributed by atoms with E-state index in [0.29, 0.717) is 12.3 Å². The smallest absolute Gasteiger partial charge is 0.324 e. The second kappa shape index (κ2) is 11.7. The maximum Gasteiger partial charge on any atom is 0.324 e. The molecule has 2 fully saturated rings. The Morgan fingerprint density at radius 2 is 1.83 bits per heavy atom. The predicted molar refractivity (Wildman–Crippen MR) is 110 cm³/mol. The van der Waals surface area contributed by atoms with Crippen LogP contribution in [0.1, 0.15) is 72.6 Å². The van der Waals surface area contributed by atoms with Gasteiger partial charge >= 0.3 is 11.9 Å². The fourth-order valence-electron chi connectivity index (χ4n) is 3.89. The second-order valence-corrected chi connectivity index (χ2v) is 8.12. The lowest BCUT2D eigenvalue weighted by Crippen LogP contribution is -2.32. The Morgan fingerprint density at radius 3 is 2.38 bits per heavy atom. The third-order valence-corrected chi connectivity index (χ3v) is 5.85. The van der Waals surface area contributed by atoms with E-state index in [2.05, 4.69) is 13.8 Å². The summed E-state index contributed by atoms with van der Waals surface area (Å²) >= 11 is 0. The first-order valence-corrected chi connectivity index (χ1v) is 11.3. The Balaban J connectivity index is 2.08. The van der Waals surface area contributed by atoms with Gasteiger partial charge in [-0.05, 0) is 51.9 Å². The van der Waals surface area contributed by atoms with Crippen molar-refractivity contribution in [2.45, 2.75) is 85.0 Å². The highest BCUT2D eigenvalue weighted by Gasteiger charge is 2.67. The molecule has 0 aromatic heterocycles. The number of rotatable bonds is 12. The van der Waals surface area contributed by atoms with E-state index in [1.807, 2.05) is 12.2 Å². The fraction of sp³-hybridized carbons (Fsp3) is 0.826. The molecule has 1 aliphatic heterocycles. The van der Waals surface area contributed by atoms with Crippen LogP contribution < -0.4 is 0 Å². The summed E-state index contributed by atoms with van der Waals surface area (Å²) in [6.07, 6.45) is 10.5. The monoisotopic (exact) mass is 410 g/mol. The summed E-state index contributed by atoms with van der Waals surface area (Å²) in [7, 11) is 0. The highest BCUT2D eigenvalue weighted by Crippen LogP contribution is 2.55. The summed E-state index contributed by atoms with van der Waals surface area (Å²) in [5.74, 6) is -0.854. The van der Waals surface area contributed by atoms with Gasteiger partial charge in [0, 0.05) is 12.5 Å². The standard InChI is InChI=1S/C23H38O6/c1-5-8-11-17(4)19(29-20-12-9-10-15-28-20)14-13-18-16-23(18,21(24)26-6-2)22(25)27-7-3/h13-14,17-20H,5-12,15-16H2,1-4H3. The van der Waals surface area contributed by atoms with Gasteiger partial charge in [0.25, 0.3) is 0 Å². The van der Waals surface area contributed by atoms with E-state index in [-0.39, 0.29) is 31.5 Å². The molecule has 0 aromatic carbocycles. The minimum Gasteiger partial charge on any atom is -0.465 e. The average molecular weight is 411 g/mol. The molecular formula is C23H38O6. The molecule has 0 N–H and O–H groups in total. The minimum absolute atomic E-state index is 0.104. The van der Waals surface area contributed by atoms with Gasteiger partial charge in [-0.15, -0.1) is 0 Å². The Morgan fingerprint density at radius 1 is 1.14 bits per heavy atom. The molecule has 1 aliphatic carbocycles. The van der Waals surface area contributed by atoms with Crippen LogP contribution in [0.5, 0.6) is 0 Å². The first kappa shape index (κ1) is 23.9. The number of hydrogen-bond acceptors (Lipinski definition) is 6. The van der Waals surface area contributed by atoms with E-state index in [1.54, 1.807) is 13.8 Å². The van der Waals surface area contributed by atoms with Crippen LogP contribution >= 0.6 is 0 Å². The quantitative estimate of drug-likeness (QED) is 0.270. The molecule has 0 amide bonds. The van der Waals surface area contributed by atoms with Gasteiger partial charge < -0.3 is 18.9 Å². The first-order chi connectivity index (χ1) is 14.0. The van der Waals surface area contributed by atoms with Crippen molar-refractivity contribution in [1.82, 2.24) is 0 Å². The lowest BCUT2D eigenvalue weighted by Gasteiger charge is -2.29. The van der Waals surface area contributed by atoms with Gasteiger partial charge in [0.1, 0.15) is 0 Å². The van der Waals surface area contributed by atoms with Crippen molar-refractivity contribution in [1.29, 1.82) is 0 Å². The van der Waals surface area contributed by atoms with Crippen molar-refractivity contribution in [3.05, 3.63) is 12.2 Å². The Labute approximate surface area is 175 Å². The summed E-state index contributed by atoms with van der Waals surface area (Å²) in [4.78, 5) is 25.0. The maximum atomic E-state index is 12.5. The molecular weight excluding hydrogens is 372 g/mol. The third kappa shape index (κ3) is 6.29. The van der Waals surface area contributed by atoms with Crippen molar-refractivity contribution in [3.63, 3.8) is 0 Å². The predicted octanol–water partition coefficient (Wildman–Crippen LogP) is 4.41. The summed E-state index contributed by atoms with van der Waals surface area (Å²) in [6.45, 7) is 9.08. The highest BCUT2D eigenvalue weighted by atomic mass is 16.7. The third-order valence-electron chi connectivity index (χ3n) is 5.85. The Bertz CT molecular complexity index is 534. The molecule has 1 saturated heterocycles. The maximum absolute atomic E-state index is 12.5. The number of unbranched alkanes of at least 4 members (excludes halogenated alkanes) is 1. The number of carbonyl (C=O) groups excluding carboxylic acids is 2. The van der Waals surface area contributed by atoms with Crippen molar-refractivity contribution >= 4 is 11.9 Å². The number of ether oxygens (including phenoxy) is 4. The Hall–Kier alpha value is -1.40. The zero-order valence-electron chi connectivity index (χ0n) is 18.5. The molecule has 2 rings (SSSR count). The van der Waals surface area contributed by atoms with Crippen LogP contribution in [0.15, 0.2) is 12.2 Å². The molecule has 6 nitrogen and oxygen atoms in total. The number of hydrogen-bond donors (Lipinski definition) is 0. The van der Waals surface area contributed by atoms with Crippen LogP contribution in [0.25, 0.3) is 0 Å². The lowest BCUT2D eigenvalue weighted by atomic mass is 9.96. The summed E-state index contributed by atoms with van der Waals surface area (Å²) in [6, 6.07) is 0. The van der Waals surface area contributed by atoms with Crippen LogP contribution in [0, 0.1) is 17.3 Å². The molecule has 29 heavy (non-hydrogen) atoms. The fourth-order valence-corrected chi connectivity index (χ4v) is 3.89. The molecule has 2 aliphatic rings. The molecule has 4 atom stereocenters. The van der Waals surface area contributed by atoms with Gasteiger partial charge in [-0.2, -0.15) is 0 Å². The van der Waals surface area contributed by atoms with Crippen molar-refractivity contribution in [2.24, 2.45) is 17.3 Å². The van der Waals surface area contributed by atoms with E-state index in [0.717, 1.165) is 45.1 Å². The molecule has 4 unspecified atom stereocenters. The first-order valence-electron chi connectivity index (χ1n) is 11.3. The number of allylic oxidation sites excluding steroid dienone is 1. The van der Waals surface area contributed by atoms with E-state index >= 15 is 0 Å². The number of esters is 2. The number of carbonyl (C=O) groups is 2. The molecule has 0 spiro atoms. The van der Waals surface area contributed by atoms with Crippen LogP contribution in [-0.4, -0.2) is 44.2 Å².